The molecule has 0 rings (SSSR count). The van der Waals surface area contributed by atoms with Crippen LogP contribution in [0.3, 0.4) is 0 Å². The van der Waals surface area contributed by atoms with E-state index in [1.54, 1.807) is 0 Å². The van der Waals surface area contributed by atoms with Crippen LogP contribution in [0.4, 0.5) is 0 Å². The quantitative estimate of drug-likeness (QED) is 0.555. The largest absolute Gasteiger partial charge is 0.469 e. The Kier molecular flexibility index (Phi) is 6.64. The predicted molar refractivity (Wildman–Crippen MR) is 53.8 cm³/mol. The Balaban J connectivity index is 4.00. The van der Waals surface area contributed by atoms with Crippen LogP contribution in [0.5, 0.6) is 0 Å². The number of nitrogens with two attached hydrogens (primary N) is 2. The summed E-state index contributed by atoms with van der Waals surface area (Å²) in [5.41, 5.74) is 10.9. The first-order valence-electron chi connectivity index (χ1n) is 4.68. The van der Waals surface area contributed by atoms with Crippen LogP contribution in [-0.4, -0.2) is 38.7 Å². The highest BCUT2D eigenvalue weighted by Gasteiger charge is 2.21. The van der Waals surface area contributed by atoms with Gasteiger partial charge in [-0.15, -0.1) is 0 Å². The number of carbonyl (C=O) groups excluding carboxylic acids is 2. The number of esters is 2. The lowest BCUT2D eigenvalue weighted by atomic mass is 10.0. The predicted octanol–water partition coefficient (Wildman–Crippen LogP) is -0.985. The molecule has 0 fully saturated rings. The van der Waals surface area contributed by atoms with Crippen LogP contribution in [0.1, 0.15) is 12.8 Å². The Hall–Kier alpha value is -1.14. The summed E-state index contributed by atoms with van der Waals surface area (Å²) < 4.78 is 9.00. The molecule has 0 aliphatic heterocycles. The minimum Gasteiger partial charge on any atom is -0.469 e. The SMILES string of the molecule is COC(=O)C(N)CCC(CN)C(=O)OC. The van der Waals surface area contributed by atoms with E-state index in [1.165, 1.54) is 14.2 Å². The summed E-state index contributed by atoms with van der Waals surface area (Å²) in [7, 11) is 2.56. The van der Waals surface area contributed by atoms with Crippen LogP contribution >= 0.6 is 0 Å². The highest BCUT2D eigenvalue weighted by molar-refractivity contribution is 5.75. The highest BCUT2D eigenvalue weighted by atomic mass is 16.5. The van der Waals surface area contributed by atoms with Gasteiger partial charge in [0.25, 0.3) is 0 Å². The maximum atomic E-state index is 11.1. The van der Waals surface area contributed by atoms with Crippen LogP contribution in [0.25, 0.3) is 0 Å². The van der Waals surface area contributed by atoms with Crippen molar-refractivity contribution >= 4 is 11.9 Å². The van der Waals surface area contributed by atoms with Crippen molar-refractivity contribution in [2.75, 3.05) is 20.8 Å². The van der Waals surface area contributed by atoms with E-state index >= 15 is 0 Å². The number of hydrogen-bond donors (Lipinski definition) is 2. The maximum Gasteiger partial charge on any atom is 0.322 e. The van der Waals surface area contributed by atoms with Crippen molar-refractivity contribution in [3.63, 3.8) is 0 Å². The van der Waals surface area contributed by atoms with Gasteiger partial charge in [0.1, 0.15) is 6.04 Å². The average molecular weight is 218 g/mol. The Bertz CT molecular complexity index is 220. The topological polar surface area (TPSA) is 105 Å². The fourth-order valence-corrected chi connectivity index (χ4v) is 1.15. The van der Waals surface area contributed by atoms with Gasteiger partial charge in [-0.1, -0.05) is 0 Å². The average Bonchev–Trinajstić information content (AvgIpc) is 2.27. The van der Waals surface area contributed by atoms with Gasteiger partial charge in [-0.05, 0) is 12.8 Å². The van der Waals surface area contributed by atoms with E-state index < -0.39 is 17.9 Å². The molecular weight excluding hydrogens is 200 g/mol. The van der Waals surface area contributed by atoms with Gasteiger partial charge < -0.3 is 20.9 Å². The minimum absolute atomic E-state index is 0.181. The lowest BCUT2D eigenvalue weighted by Gasteiger charge is -2.14. The highest BCUT2D eigenvalue weighted by Crippen LogP contribution is 2.09. The Morgan fingerprint density at radius 3 is 2.07 bits per heavy atom. The molecule has 6 nitrogen and oxygen atoms in total. The molecule has 88 valence electrons. The molecule has 0 bridgehead atoms. The first kappa shape index (κ1) is 13.9. The van der Waals surface area contributed by atoms with Gasteiger partial charge in [-0.2, -0.15) is 0 Å². The molecule has 0 saturated carbocycles. The first-order valence-corrected chi connectivity index (χ1v) is 4.68. The molecule has 0 spiro atoms. The van der Waals surface area contributed by atoms with Gasteiger partial charge in [0.15, 0.2) is 0 Å². The summed E-state index contributed by atoms with van der Waals surface area (Å²) in [4.78, 5) is 22.1. The van der Waals surface area contributed by atoms with E-state index in [0.29, 0.717) is 12.8 Å². The van der Waals surface area contributed by atoms with Crippen LogP contribution < -0.4 is 11.5 Å². The smallest absolute Gasteiger partial charge is 0.322 e. The van der Waals surface area contributed by atoms with Crippen LogP contribution in [0.15, 0.2) is 0 Å². The fourth-order valence-electron chi connectivity index (χ4n) is 1.15. The summed E-state index contributed by atoms with van der Waals surface area (Å²) >= 11 is 0. The monoisotopic (exact) mass is 218 g/mol. The second-order valence-corrected chi connectivity index (χ2v) is 3.16. The molecule has 2 atom stereocenters. The van der Waals surface area contributed by atoms with Crippen molar-refractivity contribution in [1.82, 2.24) is 0 Å². The summed E-state index contributed by atoms with van der Waals surface area (Å²) in [5, 5.41) is 0. The van der Waals surface area contributed by atoms with Crippen molar-refractivity contribution in [2.45, 2.75) is 18.9 Å². The molecule has 0 aliphatic rings. The van der Waals surface area contributed by atoms with Crippen molar-refractivity contribution in [3.05, 3.63) is 0 Å². The van der Waals surface area contributed by atoms with E-state index in [9.17, 15) is 9.59 Å². The van der Waals surface area contributed by atoms with E-state index in [2.05, 4.69) is 9.47 Å². The van der Waals surface area contributed by atoms with E-state index in [-0.39, 0.29) is 12.5 Å². The van der Waals surface area contributed by atoms with Gasteiger partial charge >= 0.3 is 11.9 Å². The maximum absolute atomic E-state index is 11.1. The van der Waals surface area contributed by atoms with Gasteiger partial charge in [0.2, 0.25) is 0 Å². The van der Waals surface area contributed by atoms with Crippen molar-refractivity contribution in [2.24, 2.45) is 17.4 Å². The number of carbonyl (C=O) groups is 2. The second-order valence-electron chi connectivity index (χ2n) is 3.16. The van der Waals surface area contributed by atoms with Crippen molar-refractivity contribution in [3.8, 4) is 0 Å². The minimum atomic E-state index is -0.714. The zero-order valence-corrected chi connectivity index (χ0v) is 9.06. The van der Waals surface area contributed by atoms with Gasteiger partial charge in [0.05, 0.1) is 20.1 Å². The molecular formula is C9H18N2O4. The molecule has 0 aromatic heterocycles. The molecule has 0 radical (unpaired) electrons. The number of ether oxygens (including phenoxy) is 2. The van der Waals surface area contributed by atoms with E-state index in [0.717, 1.165) is 0 Å². The molecule has 0 amide bonds. The molecule has 0 aromatic carbocycles. The summed E-state index contributed by atoms with van der Waals surface area (Å²) in [6, 6.07) is -0.714. The number of rotatable bonds is 6. The third kappa shape index (κ3) is 4.75. The van der Waals surface area contributed by atoms with E-state index in [4.69, 9.17) is 11.5 Å². The normalized spacial score (nSPS) is 14.1. The van der Waals surface area contributed by atoms with Crippen LogP contribution in [-0.2, 0) is 19.1 Å². The number of methoxy groups -OCH3 is 2. The van der Waals surface area contributed by atoms with Gasteiger partial charge in [-0.3, -0.25) is 9.59 Å². The zero-order chi connectivity index (χ0) is 11.8. The Morgan fingerprint density at radius 2 is 1.67 bits per heavy atom. The molecule has 0 aliphatic carbocycles. The van der Waals surface area contributed by atoms with Gasteiger partial charge in [0, 0.05) is 6.54 Å². The van der Waals surface area contributed by atoms with E-state index in [1.807, 2.05) is 0 Å². The lowest BCUT2D eigenvalue weighted by Crippen LogP contribution is -2.34. The molecule has 0 heterocycles. The molecule has 0 saturated heterocycles. The van der Waals surface area contributed by atoms with Crippen LogP contribution in [0, 0.1) is 5.92 Å². The molecule has 15 heavy (non-hydrogen) atoms. The Morgan fingerprint density at radius 1 is 1.13 bits per heavy atom. The summed E-state index contributed by atoms with van der Waals surface area (Å²) in [5.74, 6) is -1.28. The fraction of sp³-hybridized carbons (Fsp3) is 0.778. The molecule has 4 N–H and O–H groups in total. The molecule has 6 heteroatoms. The van der Waals surface area contributed by atoms with Crippen LogP contribution in [0.2, 0.25) is 0 Å². The number of hydrogen-bond acceptors (Lipinski definition) is 6. The molecule has 0 aromatic rings. The lowest BCUT2D eigenvalue weighted by molar-refractivity contribution is -0.146. The summed E-state index contributed by atoms with van der Waals surface area (Å²) in [6.07, 6.45) is 0.767. The Labute approximate surface area is 88.9 Å². The van der Waals surface area contributed by atoms with Gasteiger partial charge in [-0.25, -0.2) is 0 Å². The van der Waals surface area contributed by atoms with Crippen molar-refractivity contribution in [1.29, 1.82) is 0 Å². The molecule has 2 unspecified atom stereocenters. The zero-order valence-electron chi connectivity index (χ0n) is 9.06. The van der Waals surface area contributed by atoms with Crippen molar-refractivity contribution < 1.29 is 19.1 Å². The third-order valence-corrected chi connectivity index (χ3v) is 2.15. The first-order chi connectivity index (χ1) is 7.06. The summed E-state index contributed by atoms with van der Waals surface area (Å²) in [6.45, 7) is 0.181. The second kappa shape index (κ2) is 7.19. The third-order valence-electron chi connectivity index (χ3n) is 2.15. The standard InChI is InChI=1S/C9H18N2O4/c1-14-8(12)6(5-10)3-4-7(11)9(13)15-2/h6-7H,3-5,10-11H2,1-2H3.